The first-order valence-electron chi connectivity index (χ1n) is 5.01. The molecule has 0 aromatic rings. The molecule has 0 bridgehead atoms. The van der Waals surface area contributed by atoms with Gasteiger partial charge in [0.2, 0.25) is 0 Å². The Hall–Kier alpha value is 0.270. The van der Waals surface area contributed by atoms with Gasteiger partial charge in [0.25, 0.3) is 0 Å². The molecule has 0 amide bonds. The minimum absolute atomic E-state index is 0.310. The fourth-order valence-electron chi connectivity index (χ4n) is 1.77. The van der Waals surface area contributed by atoms with Gasteiger partial charge in [0.05, 0.1) is 0 Å². The van der Waals surface area contributed by atoms with E-state index in [9.17, 15) is 0 Å². The molecule has 0 spiro atoms. The van der Waals surface area contributed by atoms with E-state index in [0.717, 1.165) is 13.1 Å². The van der Waals surface area contributed by atoms with Crippen LogP contribution in [-0.2, 0) is 0 Å². The smallest absolute Gasteiger partial charge is 0.0468 e. The van der Waals surface area contributed by atoms with Gasteiger partial charge in [-0.05, 0) is 19.8 Å². The molecule has 1 rings (SSSR count). The lowest BCUT2D eigenvalue weighted by atomic mass is 10.1. The molecule has 1 aliphatic rings. The van der Waals surface area contributed by atoms with Gasteiger partial charge in [-0.15, -0.1) is 0 Å². The van der Waals surface area contributed by atoms with Crippen LogP contribution < -0.4 is 0 Å². The van der Waals surface area contributed by atoms with Crippen molar-refractivity contribution in [1.29, 1.82) is 0 Å². The molecule has 1 fully saturated rings. The second-order valence-corrected chi connectivity index (χ2v) is 6.43. The summed E-state index contributed by atoms with van der Waals surface area (Å²) in [6, 6.07) is 0. The van der Waals surface area contributed by atoms with Gasteiger partial charge < -0.3 is 10.0 Å². The van der Waals surface area contributed by atoms with Crippen molar-refractivity contribution in [3.8, 4) is 0 Å². The number of aliphatic hydroxyl groups is 1. The van der Waals surface area contributed by atoms with E-state index >= 15 is 0 Å². The SMILES string of the molecule is CC(CO)CN1CCSC(C)(C)C1. The van der Waals surface area contributed by atoms with E-state index < -0.39 is 0 Å². The van der Waals surface area contributed by atoms with E-state index in [1.54, 1.807) is 0 Å². The molecule has 1 N–H and O–H groups in total. The molecular formula is C10H21NOS. The van der Waals surface area contributed by atoms with Crippen LogP contribution >= 0.6 is 11.8 Å². The minimum atomic E-state index is 0.310. The van der Waals surface area contributed by atoms with Gasteiger partial charge in [-0.25, -0.2) is 0 Å². The van der Waals surface area contributed by atoms with Crippen LogP contribution in [0.15, 0.2) is 0 Å². The van der Waals surface area contributed by atoms with Gasteiger partial charge in [-0.1, -0.05) is 6.92 Å². The summed E-state index contributed by atoms with van der Waals surface area (Å²) in [4.78, 5) is 2.47. The second kappa shape index (κ2) is 4.67. The third-order valence-corrected chi connectivity index (χ3v) is 3.68. The highest BCUT2D eigenvalue weighted by Crippen LogP contribution is 2.29. The van der Waals surface area contributed by atoms with Crippen LogP contribution in [0.3, 0.4) is 0 Å². The van der Waals surface area contributed by atoms with E-state index in [2.05, 4.69) is 37.4 Å². The molecule has 1 atom stereocenters. The highest BCUT2D eigenvalue weighted by molar-refractivity contribution is 8.00. The number of rotatable bonds is 3. The van der Waals surface area contributed by atoms with Crippen molar-refractivity contribution < 1.29 is 5.11 Å². The number of aliphatic hydroxyl groups excluding tert-OH is 1. The summed E-state index contributed by atoms with van der Waals surface area (Å²) in [6.45, 7) is 10.4. The number of hydrogen-bond donors (Lipinski definition) is 1. The molecule has 0 radical (unpaired) electrons. The average molecular weight is 203 g/mol. The maximum Gasteiger partial charge on any atom is 0.0468 e. The molecule has 1 heterocycles. The van der Waals surface area contributed by atoms with Gasteiger partial charge in [0.1, 0.15) is 0 Å². The van der Waals surface area contributed by atoms with Crippen molar-refractivity contribution in [2.45, 2.75) is 25.5 Å². The summed E-state index contributed by atoms with van der Waals surface area (Å²) in [5, 5.41) is 8.96. The van der Waals surface area contributed by atoms with Crippen LogP contribution in [0.2, 0.25) is 0 Å². The monoisotopic (exact) mass is 203 g/mol. The third-order valence-electron chi connectivity index (χ3n) is 2.39. The summed E-state index contributed by atoms with van der Waals surface area (Å²) in [5.41, 5.74) is 0. The van der Waals surface area contributed by atoms with Gasteiger partial charge in [0.15, 0.2) is 0 Å². The van der Waals surface area contributed by atoms with E-state index in [1.807, 2.05) is 0 Å². The van der Waals surface area contributed by atoms with E-state index in [1.165, 1.54) is 12.3 Å². The third kappa shape index (κ3) is 3.88. The van der Waals surface area contributed by atoms with Crippen LogP contribution in [0.25, 0.3) is 0 Å². The molecule has 13 heavy (non-hydrogen) atoms. The molecule has 0 aromatic heterocycles. The number of thioether (sulfide) groups is 1. The quantitative estimate of drug-likeness (QED) is 0.751. The van der Waals surface area contributed by atoms with Gasteiger partial charge in [0, 0.05) is 36.7 Å². The molecule has 1 unspecified atom stereocenters. The highest BCUT2D eigenvalue weighted by Gasteiger charge is 2.27. The minimum Gasteiger partial charge on any atom is -0.396 e. The molecule has 2 nitrogen and oxygen atoms in total. The Morgan fingerprint density at radius 1 is 1.54 bits per heavy atom. The van der Waals surface area contributed by atoms with Crippen LogP contribution in [0.4, 0.5) is 0 Å². The maximum absolute atomic E-state index is 8.96. The van der Waals surface area contributed by atoms with Crippen molar-refractivity contribution >= 4 is 11.8 Å². The zero-order chi connectivity index (χ0) is 9.90. The van der Waals surface area contributed by atoms with Crippen LogP contribution in [0.1, 0.15) is 20.8 Å². The van der Waals surface area contributed by atoms with Gasteiger partial charge in [-0.3, -0.25) is 0 Å². The normalized spacial score (nSPS) is 25.8. The first-order chi connectivity index (χ1) is 6.03. The Labute approximate surface area is 85.7 Å². The zero-order valence-corrected chi connectivity index (χ0v) is 9.73. The van der Waals surface area contributed by atoms with Crippen molar-refractivity contribution in [2.24, 2.45) is 5.92 Å². The summed E-state index contributed by atoms with van der Waals surface area (Å²) in [6.07, 6.45) is 0. The molecule has 1 aliphatic heterocycles. The molecule has 3 heteroatoms. The fraction of sp³-hybridized carbons (Fsp3) is 1.00. The standard InChI is InChI=1S/C10H21NOS/c1-9(7-12)6-11-4-5-13-10(2,3)8-11/h9,12H,4-8H2,1-3H3. The predicted molar refractivity (Wildman–Crippen MR) is 59.2 cm³/mol. The summed E-state index contributed by atoms with van der Waals surface area (Å²) >= 11 is 2.05. The Bertz CT molecular complexity index is 161. The Balaban J connectivity index is 2.34. The zero-order valence-electron chi connectivity index (χ0n) is 8.92. The lowest BCUT2D eigenvalue weighted by Crippen LogP contribution is -2.45. The first kappa shape index (κ1) is 11.3. The molecule has 1 saturated heterocycles. The largest absolute Gasteiger partial charge is 0.396 e. The van der Waals surface area contributed by atoms with Crippen molar-refractivity contribution in [3.05, 3.63) is 0 Å². The van der Waals surface area contributed by atoms with Crippen LogP contribution in [0, 0.1) is 5.92 Å². The van der Waals surface area contributed by atoms with Crippen molar-refractivity contribution in [3.63, 3.8) is 0 Å². The molecule has 0 aromatic carbocycles. The average Bonchev–Trinajstić information content (AvgIpc) is 2.02. The number of nitrogens with zero attached hydrogens (tertiary/aromatic N) is 1. The predicted octanol–water partition coefficient (Wildman–Crippen LogP) is 1.44. The van der Waals surface area contributed by atoms with Crippen LogP contribution in [-0.4, -0.2) is 46.7 Å². The van der Waals surface area contributed by atoms with Gasteiger partial charge in [-0.2, -0.15) is 11.8 Å². The van der Waals surface area contributed by atoms with Crippen molar-refractivity contribution in [1.82, 2.24) is 4.90 Å². The highest BCUT2D eigenvalue weighted by atomic mass is 32.2. The lowest BCUT2D eigenvalue weighted by molar-refractivity contribution is 0.168. The topological polar surface area (TPSA) is 23.5 Å². The Kier molecular flexibility index (Phi) is 4.07. The van der Waals surface area contributed by atoms with Gasteiger partial charge >= 0.3 is 0 Å². The Morgan fingerprint density at radius 3 is 2.77 bits per heavy atom. The fourth-order valence-corrected chi connectivity index (χ4v) is 2.94. The van der Waals surface area contributed by atoms with Crippen molar-refractivity contribution in [2.75, 3.05) is 32.0 Å². The summed E-state index contributed by atoms with van der Waals surface area (Å²) in [5.74, 6) is 1.64. The Morgan fingerprint density at radius 2 is 2.23 bits per heavy atom. The molecule has 0 aliphatic carbocycles. The maximum atomic E-state index is 8.96. The molecule has 0 saturated carbocycles. The first-order valence-corrected chi connectivity index (χ1v) is 5.99. The van der Waals surface area contributed by atoms with E-state index in [0.29, 0.717) is 17.3 Å². The molecule has 78 valence electrons. The van der Waals surface area contributed by atoms with Crippen LogP contribution in [0.5, 0.6) is 0 Å². The molecular weight excluding hydrogens is 182 g/mol. The van der Waals surface area contributed by atoms with E-state index in [4.69, 9.17) is 5.11 Å². The summed E-state index contributed by atoms with van der Waals surface area (Å²) in [7, 11) is 0. The van der Waals surface area contributed by atoms with E-state index in [-0.39, 0.29) is 0 Å². The number of hydrogen-bond acceptors (Lipinski definition) is 3. The summed E-state index contributed by atoms with van der Waals surface area (Å²) < 4.78 is 0.396. The second-order valence-electron chi connectivity index (χ2n) is 4.63. The lowest BCUT2D eigenvalue weighted by Gasteiger charge is -2.38.